The van der Waals surface area contributed by atoms with E-state index in [1.54, 1.807) is 0 Å². The number of pyridine rings is 1. The molecule has 3 aromatic rings. The highest BCUT2D eigenvalue weighted by atomic mass is 19.4. The van der Waals surface area contributed by atoms with Crippen LogP contribution in [-0.2, 0) is 29.0 Å². The fourth-order valence-electron chi connectivity index (χ4n) is 6.82. The second-order valence-corrected chi connectivity index (χ2v) is 14.8. The van der Waals surface area contributed by atoms with Crippen LogP contribution in [0.4, 0.5) is 23.2 Å². The number of halogens is 4. The summed E-state index contributed by atoms with van der Waals surface area (Å²) in [6, 6.07) is 9.39. The summed E-state index contributed by atoms with van der Waals surface area (Å²) in [6.07, 6.45) is -3.53. The number of rotatable bonds is 8. The number of nitrogens with zero attached hydrogens (tertiary/aromatic N) is 3. The summed E-state index contributed by atoms with van der Waals surface area (Å²) >= 11 is 0. The van der Waals surface area contributed by atoms with Crippen LogP contribution in [0.25, 0.3) is 11.1 Å². The number of ether oxygens (including phenoxy) is 2. The van der Waals surface area contributed by atoms with Gasteiger partial charge in [-0.3, -0.25) is 9.88 Å². The van der Waals surface area contributed by atoms with Crippen molar-refractivity contribution in [3.05, 3.63) is 75.9 Å². The maximum absolute atomic E-state index is 14.2. The highest BCUT2D eigenvalue weighted by molar-refractivity contribution is 5.88. The Morgan fingerprint density at radius 2 is 1.69 bits per heavy atom. The second-order valence-electron chi connectivity index (χ2n) is 14.8. The third-order valence-electron chi connectivity index (χ3n) is 9.13. The van der Waals surface area contributed by atoms with E-state index >= 15 is 0 Å². The first-order chi connectivity index (χ1) is 22.3. The largest absolute Gasteiger partial charge is 0.573 e. The molecule has 5 rings (SSSR count). The number of piperidine rings is 1. The van der Waals surface area contributed by atoms with Crippen molar-refractivity contribution in [3.63, 3.8) is 0 Å². The van der Waals surface area contributed by atoms with Crippen molar-refractivity contribution < 1.29 is 36.9 Å². The van der Waals surface area contributed by atoms with Gasteiger partial charge >= 0.3 is 12.3 Å². The summed E-state index contributed by atoms with van der Waals surface area (Å²) in [7, 11) is 0. The van der Waals surface area contributed by atoms with Gasteiger partial charge in [-0.1, -0.05) is 32.0 Å². The fraction of sp³-hybridized carbons (Fsp3) is 0.514. The van der Waals surface area contributed by atoms with Gasteiger partial charge in [0.25, 0.3) is 0 Å². The van der Waals surface area contributed by atoms with Gasteiger partial charge in [-0.2, -0.15) is 0 Å². The van der Waals surface area contributed by atoms with Crippen molar-refractivity contribution in [2.75, 3.05) is 24.5 Å². The summed E-state index contributed by atoms with van der Waals surface area (Å²) in [4.78, 5) is 22.0. The molecule has 2 aromatic carbocycles. The Labute approximate surface area is 279 Å². The molecule has 1 aromatic heterocycles. The fourth-order valence-corrected chi connectivity index (χ4v) is 6.82. The molecule has 260 valence electrons. The summed E-state index contributed by atoms with van der Waals surface area (Å²) in [5.74, 6) is -2.43. The number of fused-ring (bicyclic) bond motifs is 1. The number of anilines is 1. The average molecular weight is 672 g/mol. The van der Waals surface area contributed by atoms with Crippen LogP contribution in [-0.4, -0.2) is 52.6 Å². The summed E-state index contributed by atoms with van der Waals surface area (Å²) < 4.78 is 62.6. The van der Waals surface area contributed by atoms with Crippen molar-refractivity contribution in [1.29, 1.82) is 0 Å². The molecule has 0 spiro atoms. The minimum absolute atomic E-state index is 0.179. The zero-order valence-electron chi connectivity index (χ0n) is 28.7. The third-order valence-corrected chi connectivity index (χ3v) is 9.13. The molecule has 2 aliphatic rings. The number of benzene rings is 2. The van der Waals surface area contributed by atoms with E-state index in [2.05, 4.69) is 34.5 Å². The lowest BCUT2D eigenvalue weighted by Gasteiger charge is -2.41. The van der Waals surface area contributed by atoms with Crippen molar-refractivity contribution in [1.82, 2.24) is 9.88 Å². The zero-order valence-corrected chi connectivity index (χ0v) is 28.7. The minimum Gasteiger partial charge on any atom is -0.479 e. The second kappa shape index (κ2) is 13.3. The summed E-state index contributed by atoms with van der Waals surface area (Å²) in [5, 5.41) is 10.5. The van der Waals surface area contributed by atoms with Crippen LogP contribution in [0.5, 0.6) is 5.75 Å². The lowest BCUT2D eigenvalue weighted by molar-refractivity contribution is -0.274. The number of hydrogen-bond acceptors (Lipinski definition) is 6. The molecule has 48 heavy (non-hydrogen) atoms. The van der Waals surface area contributed by atoms with Crippen LogP contribution >= 0.6 is 0 Å². The normalized spacial score (nSPS) is 17.6. The molecule has 0 radical (unpaired) electrons. The number of carboxylic acid groups (broad SMARTS) is 1. The topological polar surface area (TPSA) is 75.1 Å². The first-order valence-electron chi connectivity index (χ1n) is 16.3. The number of carboxylic acids is 1. The SMILES string of the molecule is Cc1nc(C)c(C(OC(C)(C)C)C(=O)O)c(N2CCC(C)(C)CC2)c1-c1ccc2c(c1)CCN(Cc1cc(F)cc(OC(F)(F)F)c1)C2. The molecule has 0 aliphatic carbocycles. The Morgan fingerprint density at radius 3 is 2.31 bits per heavy atom. The van der Waals surface area contributed by atoms with Gasteiger partial charge in [0, 0.05) is 61.3 Å². The Bertz CT molecular complexity index is 1670. The highest BCUT2D eigenvalue weighted by Crippen LogP contribution is 2.45. The van der Waals surface area contributed by atoms with E-state index in [4.69, 9.17) is 9.72 Å². The minimum atomic E-state index is -4.91. The molecule has 1 unspecified atom stereocenters. The number of aromatic nitrogens is 1. The first kappa shape index (κ1) is 35.6. The molecule has 1 saturated heterocycles. The van der Waals surface area contributed by atoms with Crippen LogP contribution in [0.15, 0.2) is 36.4 Å². The summed E-state index contributed by atoms with van der Waals surface area (Å²) in [5.41, 5.74) is 6.73. The number of aryl methyl sites for hydroxylation is 2. The van der Waals surface area contributed by atoms with E-state index in [9.17, 15) is 27.5 Å². The molecule has 0 saturated carbocycles. The van der Waals surface area contributed by atoms with Gasteiger partial charge in [0.15, 0.2) is 6.10 Å². The third kappa shape index (κ3) is 8.47. The van der Waals surface area contributed by atoms with Gasteiger partial charge < -0.3 is 19.5 Å². The van der Waals surface area contributed by atoms with Crippen molar-refractivity contribution in [3.8, 4) is 16.9 Å². The zero-order chi connectivity index (χ0) is 35.2. The van der Waals surface area contributed by atoms with Gasteiger partial charge in [-0.05, 0) is 93.7 Å². The average Bonchev–Trinajstić information content (AvgIpc) is 2.94. The van der Waals surface area contributed by atoms with E-state index in [0.717, 1.165) is 65.6 Å². The molecular formula is C37H45F4N3O4. The van der Waals surface area contributed by atoms with Gasteiger partial charge in [0.05, 0.1) is 11.3 Å². The van der Waals surface area contributed by atoms with Crippen molar-refractivity contribution >= 4 is 11.7 Å². The summed E-state index contributed by atoms with van der Waals surface area (Å²) in [6.45, 7) is 16.8. The quantitative estimate of drug-likeness (QED) is 0.241. The molecule has 2 aliphatic heterocycles. The molecule has 0 amide bonds. The predicted molar refractivity (Wildman–Crippen MR) is 176 cm³/mol. The molecular weight excluding hydrogens is 626 g/mol. The number of aliphatic carboxylic acids is 1. The lowest BCUT2D eigenvalue weighted by atomic mass is 9.81. The van der Waals surface area contributed by atoms with Crippen LogP contribution in [0.2, 0.25) is 0 Å². The molecule has 1 fully saturated rings. The predicted octanol–water partition coefficient (Wildman–Crippen LogP) is 8.53. The van der Waals surface area contributed by atoms with Crippen molar-refractivity contribution in [2.45, 2.75) is 98.9 Å². The van der Waals surface area contributed by atoms with E-state index in [-0.39, 0.29) is 12.0 Å². The van der Waals surface area contributed by atoms with E-state index in [1.807, 2.05) is 46.8 Å². The molecule has 11 heteroatoms. The van der Waals surface area contributed by atoms with E-state index in [0.29, 0.717) is 36.3 Å². The Kier molecular flexibility index (Phi) is 9.87. The highest BCUT2D eigenvalue weighted by Gasteiger charge is 2.37. The molecule has 1 atom stereocenters. The Hall–Kier alpha value is -3.70. The van der Waals surface area contributed by atoms with Gasteiger partial charge in [-0.15, -0.1) is 13.2 Å². The molecule has 7 nitrogen and oxygen atoms in total. The number of carbonyl (C=O) groups is 1. The Morgan fingerprint density at radius 1 is 1.00 bits per heavy atom. The standard InChI is InChI=1S/C37H45F4N3O4/c1-22-30(32(44-14-11-36(6,7)12-15-44)31(23(2)42-22)33(34(45)46)48-35(3,4)5)26-8-9-27-21-43(13-10-25(27)18-26)20-24-16-28(38)19-29(17-24)47-37(39,40)41/h8-9,16-19,33H,10-15,20-21H2,1-7H3,(H,45,46). The van der Waals surface area contributed by atoms with Gasteiger partial charge in [0.2, 0.25) is 0 Å². The number of alkyl halides is 3. The van der Waals surface area contributed by atoms with Crippen LogP contribution in [0.3, 0.4) is 0 Å². The van der Waals surface area contributed by atoms with E-state index in [1.165, 1.54) is 12.1 Å². The molecule has 1 N–H and O–H groups in total. The van der Waals surface area contributed by atoms with Gasteiger partial charge in [-0.25, -0.2) is 9.18 Å². The smallest absolute Gasteiger partial charge is 0.479 e. The van der Waals surface area contributed by atoms with Crippen LogP contribution in [0.1, 0.15) is 87.2 Å². The lowest BCUT2D eigenvalue weighted by Crippen LogP contribution is -2.39. The van der Waals surface area contributed by atoms with Crippen LogP contribution < -0.4 is 9.64 Å². The molecule has 3 heterocycles. The monoisotopic (exact) mass is 671 g/mol. The van der Waals surface area contributed by atoms with Gasteiger partial charge in [0.1, 0.15) is 11.6 Å². The number of hydrogen-bond donors (Lipinski definition) is 1. The maximum Gasteiger partial charge on any atom is 0.573 e. The van der Waals surface area contributed by atoms with Crippen LogP contribution in [0, 0.1) is 25.1 Å². The van der Waals surface area contributed by atoms with E-state index < -0.39 is 35.6 Å². The Balaban J connectivity index is 1.51. The van der Waals surface area contributed by atoms with Crippen molar-refractivity contribution in [2.24, 2.45) is 5.41 Å². The molecule has 0 bridgehead atoms. The maximum atomic E-state index is 14.2. The first-order valence-corrected chi connectivity index (χ1v) is 16.3.